The molecule has 1 aliphatic rings. The van der Waals surface area contributed by atoms with Crippen molar-refractivity contribution < 1.29 is 4.79 Å². The Labute approximate surface area is 162 Å². The molecule has 1 fully saturated rings. The minimum atomic E-state index is 0.00987. The van der Waals surface area contributed by atoms with Gasteiger partial charge in [-0.3, -0.25) is 4.79 Å². The second-order valence-electron chi connectivity index (χ2n) is 6.32. The molecule has 4 rings (SSSR count). The van der Waals surface area contributed by atoms with Crippen LogP contribution < -0.4 is 0 Å². The number of Topliss-reactive ketones (excluding diaryl/α,β-unsaturated/α-hetero) is 1. The van der Waals surface area contributed by atoms with Crippen LogP contribution in [-0.4, -0.2) is 21.9 Å². The first-order valence-electron chi connectivity index (χ1n) is 8.84. The zero-order valence-corrected chi connectivity index (χ0v) is 16.1. The fourth-order valence-electron chi connectivity index (χ4n) is 3.14. The molecule has 0 N–H and O–H groups in total. The topological polar surface area (TPSA) is 17.1 Å². The highest BCUT2D eigenvalue weighted by molar-refractivity contribution is 8.18. The van der Waals surface area contributed by atoms with Gasteiger partial charge in [-0.05, 0) is 52.0 Å². The molecule has 0 bridgehead atoms. The molecule has 1 nitrogen and oxygen atoms in total. The summed E-state index contributed by atoms with van der Waals surface area (Å²) in [5, 5.41) is 2.41. The molecule has 0 aliphatic carbocycles. The molecule has 0 amide bonds. The van der Waals surface area contributed by atoms with E-state index in [0.29, 0.717) is 0 Å². The van der Waals surface area contributed by atoms with E-state index in [1.807, 2.05) is 42.5 Å². The largest absolute Gasteiger partial charge is 0.292 e. The summed E-state index contributed by atoms with van der Waals surface area (Å²) in [5.74, 6) is 2.38. The van der Waals surface area contributed by atoms with Crippen LogP contribution in [0.5, 0.6) is 0 Å². The molecule has 1 saturated heterocycles. The van der Waals surface area contributed by atoms with Crippen LogP contribution in [0.25, 0.3) is 22.4 Å². The fraction of sp³-hybridized carbons (Fsp3) is 0.174. The maximum absolute atomic E-state index is 13.3. The van der Waals surface area contributed by atoms with Gasteiger partial charge < -0.3 is 0 Å². The van der Waals surface area contributed by atoms with Gasteiger partial charge in [-0.1, -0.05) is 66.7 Å². The zero-order chi connectivity index (χ0) is 17.8. The van der Waals surface area contributed by atoms with Crippen molar-refractivity contribution in [1.29, 1.82) is 0 Å². The Morgan fingerprint density at radius 1 is 0.846 bits per heavy atom. The highest BCUT2D eigenvalue weighted by Gasteiger charge is 2.26. The third kappa shape index (κ3) is 3.89. The summed E-state index contributed by atoms with van der Waals surface area (Å²) in [7, 11) is 0. The molecule has 26 heavy (non-hydrogen) atoms. The molecule has 1 aliphatic heterocycles. The van der Waals surface area contributed by atoms with Crippen LogP contribution in [0.4, 0.5) is 0 Å². The number of fused-ring (bicyclic) bond motifs is 1. The van der Waals surface area contributed by atoms with Gasteiger partial charge in [0.15, 0.2) is 5.78 Å². The maximum Gasteiger partial charge on any atom is 0.186 e. The van der Waals surface area contributed by atoms with E-state index < -0.39 is 0 Å². The number of benzene rings is 3. The zero-order valence-electron chi connectivity index (χ0n) is 14.4. The van der Waals surface area contributed by atoms with Crippen molar-refractivity contribution in [1.82, 2.24) is 0 Å². The van der Waals surface area contributed by atoms with Crippen LogP contribution in [0.15, 0.2) is 72.8 Å². The molecule has 0 radical (unpaired) electrons. The lowest BCUT2D eigenvalue weighted by atomic mass is 9.98. The summed E-state index contributed by atoms with van der Waals surface area (Å²) in [4.78, 5) is 13.3. The number of thioether (sulfide) groups is 2. The average molecular weight is 377 g/mol. The number of hydrogen-bond donors (Lipinski definition) is 0. The molecule has 3 heteroatoms. The quantitative estimate of drug-likeness (QED) is 0.402. The number of carbonyl (C=O) groups excluding carboxylic acids is 1. The first-order valence-corrected chi connectivity index (χ1v) is 10.9. The normalized spacial score (nSPS) is 15.9. The van der Waals surface area contributed by atoms with Gasteiger partial charge >= 0.3 is 0 Å². The van der Waals surface area contributed by atoms with Crippen LogP contribution in [0.1, 0.15) is 17.5 Å². The Balaban J connectivity index is 1.75. The lowest BCUT2D eigenvalue weighted by Gasteiger charge is -2.21. The van der Waals surface area contributed by atoms with E-state index in [2.05, 4.69) is 36.4 Å². The average Bonchev–Trinajstić information content (AvgIpc) is 2.73. The van der Waals surface area contributed by atoms with Gasteiger partial charge in [-0.25, -0.2) is 0 Å². The van der Waals surface area contributed by atoms with Gasteiger partial charge in [0.1, 0.15) is 4.58 Å². The predicted octanol–water partition coefficient (Wildman–Crippen LogP) is 6.15. The van der Waals surface area contributed by atoms with Crippen LogP contribution >= 0.6 is 23.5 Å². The van der Waals surface area contributed by atoms with Crippen molar-refractivity contribution in [2.24, 2.45) is 0 Å². The Morgan fingerprint density at radius 3 is 2.31 bits per heavy atom. The third-order valence-corrected chi connectivity index (χ3v) is 7.37. The van der Waals surface area contributed by atoms with Crippen LogP contribution in [0, 0.1) is 0 Å². The molecule has 0 spiro atoms. The molecule has 0 saturated carbocycles. The monoisotopic (exact) mass is 376 g/mol. The predicted molar refractivity (Wildman–Crippen MR) is 117 cm³/mol. The molecule has 3 aromatic carbocycles. The maximum atomic E-state index is 13.3. The van der Waals surface area contributed by atoms with Crippen LogP contribution in [-0.2, 0) is 4.79 Å². The molecule has 130 valence electrons. The molecular formula is C23H20OS2. The number of hydrogen-bond acceptors (Lipinski definition) is 3. The standard InChI is InChI=1S/C23H20OS2/c24-22(23-25-13-6-14-26-23)21(19-8-2-1-3-9-19)16-17-11-12-18-7-4-5-10-20(18)15-17/h1-5,7-12,15-16,23H,6,13-14H2/b21-16+. The molecule has 1 heterocycles. The van der Waals surface area contributed by atoms with Gasteiger partial charge in [0.25, 0.3) is 0 Å². The van der Waals surface area contributed by atoms with Gasteiger partial charge in [0, 0.05) is 5.57 Å². The summed E-state index contributed by atoms with van der Waals surface area (Å²) in [6, 6.07) is 24.8. The van der Waals surface area contributed by atoms with E-state index in [9.17, 15) is 4.79 Å². The van der Waals surface area contributed by atoms with E-state index >= 15 is 0 Å². The lowest BCUT2D eigenvalue weighted by Crippen LogP contribution is -2.19. The lowest BCUT2D eigenvalue weighted by molar-refractivity contribution is -0.112. The van der Waals surface area contributed by atoms with E-state index in [4.69, 9.17) is 0 Å². The minimum Gasteiger partial charge on any atom is -0.292 e. The Hall–Kier alpha value is -1.97. The number of rotatable bonds is 4. The molecule has 0 atom stereocenters. The number of carbonyl (C=O) groups is 1. The van der Waals surface area contributed by atoms with Crippen LogP contribution in [0.3, 0.4) is 0 Å². The van der Waals surface area contributed by atoms with Crippen molar-refractivity contribution >= 4 is 51.7 Å². The molecular weight excluding hydrogens is 356 g/mol. The smallest absolute Gasteiger partial charge is 0.186 e. The number of allylic oxidation sites excluding steroid dienone is 1. The van der Waals surface area contributed by atoms with E-state index in [1.165, 1.54) is 17.2 Å². The molecule has 0 aromatic heterocycles. The second kappa shape index (κ2) is 8.15. The van der Waals surface area contributed by atoms with Gasteiger partial charge in [-0.2, -0.15) is 0 Å². The van der Waals surface area contributed by atoms with Gasteiger partial charge in [-0.15, -0.1) is 23.5 Å². The van der Waals surface area contributed by atoms with E-state index in [-0.39, 0.29) is 10.4 Å². The summed E-state index contributed by atoms with van der Waals surface area (Å²) >= 11 is 3.56. The highest BCUT2D eigenvalue weighted by Crippen LogP contribution is 2.35. The summed E-state index contributed by atoms with van der Waals surface area (Å²) in [5.41, 5.74) is 2.88. The summed E-state index contributed by atoms with van der Waals surface area (Å²) < 4.78 is 0.00987. The molecule has 3 aromatic rings. The van der Waals surface area contributed by atoms with Crippen molar-refractivity contribution in [2.75, 3.05) is 11.5 Å². The third-order valence-electron chi connectivity index (χ3n) is 4.48. The Kier molecular flexibility index (Phi) is 5.47. The van der Waals surface area contributed by atoms with Crippen LogP contribution in [0.2, 0.25) is 0 Å². The minimum absolute atomic E-state index is 0.00987. The van der Waals surface area contributed by atoms with Gasteiger partial charge in [0.2, 0.25) is 0 Å². The fourth-order valence-corrected chi connectivity index (χ4v) is 5.90. The number of ketones is 1. The van der Waals surface area contributed by atoms with Crippen molar-refractivity contribution in [3.63, 3.8) is 0 Å². The summed E-state index contributed by atoms with van der Waals surface area (Å²) in [6.45, 7) is 0. The Morgan fingerprint density at radius 2 is 1.54 bits per heavy atom. The highest BCUT2D eigenvalue weighted by atomic mass is 32.2. The van der Waals surface area contributed by atoms with E-state index in [1.54, 1.807) is 23.5 Å². The molecule has 0 unspecified atom stereocenters. The van der Waals surface area contributed by atoms with Crippen molar-refractivity contribution in [3.8, 4) is 0 Å². The first kappa shape index (κ1) is 17.4. The van der Waals surface area contributed by atoms with Crippen molar-refractivity contribution in [2.45, 2.75) is 11.0 Å². The first-order chi connectivity index (χ1) is 12.8. The SMILES string of the molecule is O=C(/C(=C/c1ccc2ccccc2c1)c1ccccc1)C1SCCCS1. The Bertz CT molecular complexity index is 941. The van der Waals surface area contributed by atoms with Gasteiger partial charge in [0.05, 0.1) is 0 Å². The van der Waals surface area contributed by atoms with Crippen molar-refractivity contribution in [3.05, 3.63) is 83.9 Å². The summed E-state index contributed by atoms with van der Waals surface area (Å²) in [6.07, 6.45) is 3.24. The second-order valence-corrected chi connectivity index (χ2v) is 9.05. The van der Waals surface area contributed by atoms with E-state index in [0.717, 1.165) is 28.2 Å².